The van der Waals surface area contributed by atoms with E-state index in [2.05, 4.69) is 0 Å². The Bertz CT molecular complexity index is 352. The molecule has 0 radical (unpaired) electrons. The Morgan fingerprint density at radius 1 is 1.54 bits per heavy atom. The van der Waals surface area contributed by atoms with Gasteiger partial charge in [-0.3, -0.25) is 0 Å². The molecule has 1 aromatic rings. The SMILES string of the molecule is COc1ccc([As]=O)cc1[N+](=O)[O-]. The van der Waals surface area contributed by atoms with E-state index in [-0.39, 0.29) is 11.4 Å². The Morgan fingerprint density at radius 3 is 2.69 bits per heavy atom. The zero-order chi connectivity index (χ0) is 9.84. The van der Waals surface area contributed by atoms with Crippen LogP contribution in [0.5, 0.6) is 5.75 Å². The van der Waals surface area contributed by atoms with Crippen LogP contribution in [-0.4, -0.2) is 27.7 Å². The summed E-state index contributed by atoms with van der Waals surface area (Å²) in [5.41, 5.74) is -0.147. The fourth-order valence-electron chi connectivity index (χ4n) is 0.878. The molecule has 0 aliphatic carbocycles. The molecule has 0 aromatic heterocycles. The number of hydrogen-bond donors (Lipinski definition) is 0. The summed E-state index contributed by atoms with van der Waals surface area (Å²) in [6, 6.07) is 4.27. The van der Waals surface area contributed by atoms with Crippen molar-refractivity contribution < 1.29 is 13.4 Å². The van der Waals surface area contributed by atoms with Crippen LogP contribution >= 0.6 is 0 Å². The van der Waals surface area contributed by atoms with E-state index < -0.39 is 20.6 Å². The van der Waals surface area contributed by atoms with E-state index in [1.165, 1.54) is 19.2 Å². The normalized spacial score (nSPS) is 9.92. The molecule has 0 saturated carbocycles. The molecule has 0 bridgehead atoms. The number of methoxy groups -OCH3 is 1. The number of ether oxygens (including phenoxy) is 1. The zero-order valence-electron chi connectivity index (χ0n) is 6.76. The van der Waals surface area contributed by atoms with Crippen molar-refractivity contribution in [2.75, 3.05) is 7.11 Å². The standard InChI is InChI=1S/C7H6AsNO4/c1-13-7-3-2-5(8-10)4-6(7)9(11)12/h2-4H,1H3. The van der Waals surface area contributed by atoms with Crippen molar-refractivity contribution >= 4 is 25.7 Å². The third-order valence-electron chi connectivity index (χ3n) is 1.46. The van der Waals surface area contributed by atoms with Crippen LogP contribution in [0.25, 0.3) is 0 Å². The molecule has 0 unspecified atom stereocenters. The van der Waals surface area contributed by atoms with Gasteiger partial charge in [0.1, 0.15) is 0 Å². The average molecular weight is 243 g/mol. The van der Waals surface area contributed by atoms with Gasteiger partial charge in [0, 0.05) is 0 Å². The topological polar surface area (TPSA) is 69.4 Å². The molecule has 0 N–H and O–H groups in total. The van der Waals surface area contributed by atoms with Gasteiger partial charge >= 0.3 is 80.3 Å². The third kappa shape index (κ3) is 2.12. The quantitative estimate of drug-likeness (QED) is 0.434. The van der Waals surface area contributed by atoms with Crippen LogP contribution in [0.1, 0.15) is 0 Å². The van der Waals surface area contributed by atoms with Gasteiger partial charge in [-0.05, 0) is 0 Å². The molecule has 0 atom stereocenters. The number of nitrogens with zero attached hydrogens (tertiary/aromatic N) is 1. The molecule has 68 valence electrons. The summed E-state index contributed by atoms with van der Waals surface area (Å²) >= 11 is -1.23. The number of rotatable bonds is 3. The van der Waals surface area contributed by atoms with Crippen LogP contribution in [0.15, 0.2) is 18.2 Å². The van der Waals surface area contributed by atoms with E-state index in [0.29, 0.717) is 4.35 Å². The van der Waals surface area contributed by atoms with Gasteiger partial charge in [0.15, 0.2) is 0 Å². The maximum atomic E-state index is 10.5. The van der Waals surface area contributed by atoms with E-state index in [1.54, 1.807) is 6.07 Å². The summed E-state index contributed by atoms with van der Waals surface area (Å²) in [6.45, 7) is 0. The summed E-state index contributed by atoms with van der Waals surface area (Å²) in [5.74, 6) is 0.184. The maximum absolute atomic E-state index is 10.5. The molecule has 0 aliphatic heterocycles. The Morgan fingerprint density at radius 2 is 2.23 bits per heavy atom. The summed E-state index contributed by atoms with van der Waals surface area (Å²) in [7, 11) is 1.35. The van der Waals surface area contributed by atoms with Crippen LogP contribution in [-0.2, 0) is 3.74 Å². The van der Waals surface area contributed by atoms with E-state index in [1.807, 2.05) is 0 Å². The number of hydrogen-bond acceptors (Lipinski definition) is 4. The molecular weight excluding hydrogens is 237 g/mol. The fourth-order valence-corrected chi connectivity index (χ4v) is 1.53. The Balaban J connectivity index is 3.25. The Kier molecular flexibility index (Phi) is 3.14. The van der Waals surface area contributed by atoms with Crippen molar-refractivity contribution in [1.29, 1.82) is 0 Å². The van der Waals surface area contributed by atoms with Crippen molar-refractivity contribution in [2.24, 2.45) is 0 Å². The number of benzene rings is 1. The molecule has 1 aromatic carbocycles. The van der Waals surface area contributed by atoms with Crippen molar-refractivity contribution in [3.05, 3.63) is 28.3 Å². The van der Waals surface area contributed by atoms with Gasteiger partial charge in [0.25, 0.3) is 0 Å². The van der Waals surface area contributed by atoms with Crippen LogP contribution < -0.4 is 9.09 Å². The minimum atomic E-state index is -1.23. The first kappa shape index (κ1) is 9.86. The van der Waals surface area contributed by atoms with Gasteiger partial charge in [-0.1, -0.05) is 0 Å². The first-order chi connectivity index (χ1) is 6.19. The van der Waals surface area contributed by atoms with Gasteiger partial charge in [-0.2, -0.15) is 0 Å². The summed E-state index contributed by atoms with van der Waals surface area (Å²) in [6.07, 6.45) is 0. The Labute approximate surface area is 80.8 Å². The van der Waals surface area contributed by atoms with E-state index >= 15 is 0 Å². The molecule has 0 spiro atoms. The van der Waals surface area contributed by atoms with E-state index in [4.69, 9.17) is 4.74 Å². The zero-order valence-corrected chi connectivity index (χ0v) is 8.64. The second-order valence-electron chi connectivity index (χ2n) is 2.20. The second-order valence-corrected chi connectivity index (χ2v) is 3.67. The van der Waals surface area contributed by atoms with Gasteiger partial charge in [0.05, 0.1) is 0 Å². The summed E-state index contributed by atoms with van der Waals surface area (Å²) < 4.78 is 15.8. The fraction of sp³-hybridized carbons (Fsp3) is 0.143. The monoisotopic (exact) mass is 243 g/mol. The average Bonchev–Trinajstić information content (AvgIpc) is 2.16. The first-order valence-corrected chi connectivity index (χ1v) is 5.05. The molecule has 6 heteroatoms. The van der Waals surface area contributed by atoms with Crippen LogP contribution in [0.4, 0.5) is 5.69 Å². The molecule has 13 heavy (non-hydrogen) atoms. The summed E-state index contributed by atoms with van der Waals surface area (Å²) in [5, 5.41) is 10.5. The molecule has 1 rings (SSSR count). The van der Waals surface area contributed by atoms with Crippen LogP contribution in [0, 0.1) is 10.1 Å². The Hall–Kier alpha value is -1.22. The van der Waals surface area contributed by atoms with Crippen molar-refractivity contribution in [1.82, 2.24) is 0 Å². The first-order valence-electron chi connectivity index (χ1n) is 3.35. The van der Waals surface area contributed by atoms with E-state index in [9.17, 15) is 13.9 Å². The minimum absolute atomic E-state index is 0.147. The predicted octanol–water partition coefficient (Wildman–Crippen LogP) is 0.278. The molecule has 0 heterocycles. The van der Waals surface area contributed by atoms with Gasteiger partial charge in [0.2, 0.25) is 0 Å². The van der Waals surface area contributed by atoms with Gasteiger partial charge < -0.3 is 0 Å². The van der Waals surface area contributed by atoms with Crippen LogP contribution in [0.3, 0.4) is 0 Å². The summed E-state index contributed by atoms with van der Waals surface area (Å²) in [4.78, 5) is 9.93. The molecule has 0 aliphatic rings. The molecule has 0 fully saturated rings. The van der Waals surface area contributed by atoms with Gasteiger partial charge in [-0.25, -0.2) is 0 Å². The molecule has 5 nitrogen and oxygen atoms in total. The van der Waals surface area contributed by atoms with Gasteiger partial charge in [-0.15, -0.1) is 0 Å². The van der Waals surface area contributed by atoms with Crippen LogP contribution in [0.2, 0.25) is 0 Å². The third-order valence-corrected chi connectivity index (χ3v) is 2.49. The van der Waals surface area contributed by atoms with E-state index in [0.717, 1.165) is 0 Å². The number of nitro benzene ring substituents is 1. The van der Waals surface area contributed by atoms with Crippen molar-refractivity contribution in [3.63, 3.8) is 0 Å². The van der Waals surface area contributed by atoms with Crippen molar-refractivity contribution in [3.8, 4) is 5.75 Å². The predicted molar refractivity (Wildman–Crippen MR) is 45.7 cm³/mol. The molecule has 0 saturated heterocycles. The number of nitro groups is 1. The molecule has 0 amide bonds. The molecular formula is C7H6AsNO4. The van der Waals surface area contributed by atoms with Crippen molar-refractivity contribution in [2.45, 2.75) is 0 Å². The second kappa shape index (κ2) is 4.14.